The molecule has 0 spiro atoms. The summed E-state index contributed by atoms with van der Waals surface area (Å²) in [5.41, 5.74) is 1.08. The van der Waals surface area contributed by atoms with Crippen molar-refractivity contribution in [3.8, 4) is 0 Å². The van der Waals surface area contributed by atoms with Gasteiger partial charge in [-0.15, -0.1) is 0 Å². The van der Waals surface area contributed by atoms with Gasteiger partial charge in [0.1, 0.15) is 5.82 Å². The molecule has 0 saturated carbocycles. The van der Waals surface area contributed by atoms with Crippen molar-refractivity contribution < 1.29 is 22.7 Å². The number of amides is 1. The van der Waals surface area contributed by atoms with Gasteiger partial charge in [0.15, 0.2) is 16.4 Å². The van der Waals surface area contributed by atoms with E-state index >= 15 is 0 Å². The molecule has 2 atom stereocenters. The molecule has 0 aliphatic carbocycles. The summed E-state index contributed by atoms with van der Waals surface area (Å²) >= 11 is 5.29. The highest BCUT2D eigenvalue weighted by Gasteiger charge is 2.32. The number of nitrogens with one attached hydrogen (secondary N) is 2. The Kier molecular flexibility index (Phi) is 5.29. The molecule has 1 aromatic heterocycles. The third-order valence-electron chi connectivity index (χ3n) is 5.40. The van der Waals surface area contributed by atoms with Crippen LogP contribution in [0.1, 0.15) is 35.7 Å². The molecule has 3 heterocycles. The van der Waals surface area contributed by atoms with Crippen molar-refractivity contribution >= 4 is 18.1 Å². The second-order valence-electron chi connectivity index (χ2n) is 7.24. The van der Waals surface area contributed by atoms with E-state index in [1.54, 1.807) is 4.57 Å². The number of H-pyrrole nitrogens is 1. The Hall–Kier alpha value is -2.13. The topological polar surface area (TPSA) is 59.0 Å². The SMILES string of the molecule is O=C(Cc1[nH]c(=S)n2c1CC(c1c(F)ccc(F)c1F)C2)NCC1CCCO1. The van der Waals surface area contributed by atoms with Gasteiger partial charge in [0.2, 0.25) is 5.91 Å². The minimum Gasteiger partial charge on any atom is -0.376 e. The lowest BCUT2D eigenvalue weighted by atomic mass is 9.95. The monoisotopic (exact) mass is 411 g/mol. The molecule has 1 saturated heterocycles. The Morgan fingerprint density at radius 1 is 1.32 bits per heavy atom. The minimum atomic E-state index is -1.17. The van der Waals surface area contributed by atoms with Crippen LogP contribution in [0.3, 0.4) is 0 Å². The van der Waals surface area contributed by atoms with Crippen molar-refractivity contribution in [2.75, 3.05) is 13.2 Å². The zero-order valence-electron chi connectivity index (χ0n) is 15.1. The number of ether oxygens (including phenoxy) is 1. The standard InChI is InChI=1S/C19H20F3N3O2S/c20-12-3-4-13(21)18(22)17(12)10-6-15-14(24-19(28)25(15)9-10)7-16(26)23-8-11-2-1-5-27-11/h3-4,10-11H,1-2,5-9H2,(H,23,26)(H,24,28). The highest BCUT2D eigenvalue weighted by molar-refractivity contribution is 7.71. The molecule has 5 nitrogen and oxygen atoms in total. The summed E-state index contributed by atoms with van der Waals surface area (Å²) in [6, 6.07) is 1.71. The van der Waals surface area contributed by atoms with Crippen LogP contribution in [0.4, 0.5) is 13.2 Å². The Balaban J connectivity index is 1.49. The number of nitrogens with zero attached hydrogens (tertiary/aromatic N) is 1. The lowest BCUT2D eigenvalue weighted by Crippen LogP contribution is -2.33. The number of aromatic amines is 1. The van der Waals surface area contributed by atoms with Crippen molar-refractivity contribution in [2.24, 2.45) is 0 Å². The van der Waals surface area contributed by atoms with Crippen molar-refractivity contribution in [3.05, 3.63) is 51.3 Å². The van der Waals surface area contributed by atoms with E-state index < -0.39 is 23.4 Å². The molecule has 4 rings (SSSR count). The quantitative estimate of drug-likeness (QED) is 0.587. The van der Waals surface area contributed by atoms with Gasteiger partial charge in [0, 0.05) is 42.6 Å². The first kappa shape index (κ1) is 19.2. The molecule has 1 amide bonds. The van der Waals surface area contributed by atoms with Gasteiger partial charge in [0.25, 0.3) is 0 Å². The molecular weight excluding hydrogens is 391 g/mol. The minimum absolute atomic E-state index is 0.0468. The molecule has 150 valence electrons. The first-order valence-electron chi connectivity index (χ1n) is 9.26. The Morgan fingerprint density at radius 3 is 2.86 bits per heavy atom. The number of benzene rings is 1. The summed E-state index contributed by atoms with van der Waals surface area (Å²) in [6.07, 6.45) is 2.33. The van der Waals surface area contributed by atoms with Crippen LogP contribution in [0.2, 0.25) is 0 Å². The van der Waals surface area contributed by atoms with E-state index in [0.29, 0.717) is 17.0 Å². The van der Waals surface area contributed by atoms with E-state index in [9.17, 15) is 18.0 Å². The molecule has 2 aliphatic rings. The summed E-state index contributed by atoms with van der Waals surface area (Å²) in [4.78, 5) is 15.3. The fourth-order valence-corrected chi connectivity index (χ4v) is 4.32. The summed E-state index contributed by atoms with van der Waals surface area (Å²) in [5, 5.41) is 2.85. The number of hydrogen-bond acceptors (Lipinski definition) is 3. The average molecular weight is 411 g/mol. The van der Waals surface area contributed by atoms with Crippen LogP contribution in [0.15, 0.2) is 12.1 Å². The molecule has 2 aromatic rings. The van der Waals surface area contributed by atoms with Crippen LogP contribution in [-0.4, -0.2) is 34.7 Å². The molecule has 28 heavy (non-hydrogen) atoms. The largest absolute Gasteiger partial charge is 0.376 e. The molecule has 9 heteroatoms. The molecule has 0 radical (unpaired) electrons. The predicted octanol–water partition coefficient (Wildman–Crippen LogP) is 3.14. The fourth-order valence-electron chi connectivity index (χ4n) is 4.01. The van der Waals surface area contributed by atoms with Gasteiger partial charge >= 0.3 is 0 Å². The van der Waals surface area contributed by atoms with Crippen molar-refractivity contribution in [2.45, 2.75) is 44.2 Å². The first-order valence-corrected chi connectivity index (χ1v) is 9.67. The van der Waals surface area contributed by atoms with Crippen LogP contribution < -0.4 is 5.32 Å². The van der Waals surface area contributed by atoms with Crippen molar-refractivity contribution in [1.29, 1.82) is 0 Å². The number of imidazole rings is 1. The van der Waals surface area contributed by atoms with Gasteiger partial charge in [-0.2, -0.15) is 0 Å². The molecule has 0 bridgehead atoms. The maximum Gasteiger partial charge on any atom is 0.226 e. The summed E-state index contributed by atoms with van der Waals surface area (Å²) in [7, 11) is 0. The zero-order chi connectivity index (χ0) is 19.8. The second kappa shape index (κ2) is 7.71. The third kappa shape index (κ3) is 3.60. The maximum atomic E-state index is 14.2. The number of carbonyl (C=O) groups is 1. The van der Waals surface area contributed by atoms with Gasteiger partial charge in [-0.1, -0.05) is 0 Å². The van der Waals surface area contributed by atoms with Gasteiger partial charge in [-0.3, -0.25) is 4.79 Å². The van der Waals surface area contributed by atoms with E-state index in [4.69, 9.17) is 17.0 Å². The predicted molar refractivity (Wildman–Crippen MR) is 98.1 cm³/mol. The maximum absolute atomic E-state index is 14.2. The first-order chi connectivity index (χ1) is 13.4. The molecule has 1 fully saturated rings. The number of carbonyl (C=O) groups excluding carboxylic acids is 1. The van der Waals surface area contributed by atoms with Crippen LogP contribution >= 0.6 is 12.2 Å². The number of halogens is 3. The van der Waals surface area contributed by atoms with E-state index in [1.165, 1.54) is 0 Å². The van der Waals surface area contributed by atoms with Gasteiger partial charge in [-0.25, -0.2) is 13.2 Å². The molecule has 2 unspecified atom stereocenters. The van der Waals surface area contributed by atoms with Crippen molar-refractivity contribution in [3.63, 3.8) is 0 Å². The summed E-state index contributed by atoms with van der Waals surface area (Å²) < 4.78 is 49.5. The zero-order valence-corrected chi connectivity index (χ0v) is 15.9. The van der Waals surface area contributed by atoms with Crippen LogP contribution in [0.25, 0.3) is 0 Å². The van der Waals surface area contributed by atoms with Crippen LogP contribution in [0.5, 0.6) is 0 Å². The molecule has 2 N–H and O–H groups in total. The summed E-state index contributed by atoms with van der Waals surface area (Å²) in [6.45, 7) is 1.41. The van der Waals surface area contributed by atoms with E-state index in [1.807, 2.05) is 0 Å². The Morgan fingerprint density at radius 2 is 2.11 bits per heavy atom. The molecule has 1 aromatic carbocycles. The van der Waals surface area contributed by atoms with Crippen LogP contribution in [-0.2, 0) is 28.9 Å². The highest BCUT2D eigenvalue weighted by Crippen LogP contribution is 2.35. The van der Waals surface area contributed by atoms with E-state index in [0.717, 1.165) is 37.3 Å². The van der Waals surface area contributed by atoms with Gasteiger partial charge in [0.05, 0.1) is 12.5 Å². The smallest absolute Gasteiger partial charge is 0.226 e. The number of rotatable bonds is 5. The number of fused-ring (bicyclic) bond motifs is 1. The van der Waals surface area contributed by atoms with E-state index in [-0.39, 0.29) is 37.0 Å². The lowest BCUT2D eigenvalue weighted by Gasteiger charge is -2.13. The Bertz CT molecular complexity index is 966. The molecule has 2 aliphatic heterocycles. The summed E-state index contributed by atoms with van der Waals surface area (Å²) in [5.74, 6) is -3.77. The molecular formula is C19H20F3N3O2S. The number of aromatic nitrogens is 2. The van der Waals surface area contributed by atoms with Crippen LogP contribution in [0, 0.1) is 22.2 Å². The third-order valence-corrected chi connectivity index (χ3v) is 5.72. The van der Waals surface area contributed by atoms with Gasteiger partial charge in [-0.05, 0) is 43.6 Å². The normalized spacial score (nSPS) is 21.1. The fraction of sp³-hybridized carbons (Fsp3) is 0.474. The highest BCUT2D eigenvalue weighted by atomic mass is 32.1. The van der Waals surface area contributed by atoms with Crippen molar-refractivity contribution in [1.82, 2.24) is 14.9 Å². The second-order valence-corrected chi connectivity index (χ2v) is 7.63. The van der Waals surface area contributed by atoms with Gasteiger partial charge < -0.3 is 19.6 Å². The Labute approximate surface area is 164 Å². The number of hydrogen-bond donors (Lipinski definition) is 2. The lowest BCUT2D eigenvalue weighted by molar-refractivity contribution is -0.121. The average Bonchev–Trinajstić information content (AvgIpc) is 3.37. The van der Waals surface area contributed by atoms with E-state index in [2.05, 4.69) is 10.3 Å².